The predicted octanol–water partition coefficient (Wildman–Crippen LogP) is 3.41. The lowest BCUT2D eigenvalue weighted by Crippen LogP contribution is -2.44. The van der Waals surface area contributed by atoms with Crippen LogP contribution in [0.3, 0.4) is 0 Å². The molecule has 1 aliphatic rings. The number of alkyl carbamates (subject to hydrolysis) is 1. The summed E-state index contributed by atoms with van der Waals surface area (Å²) in [6.45, 7) is 15.1. The van der Waals surface area contributed by atoms with Crippen LogP contribution in [-0.4, -0.2) is 53.2 Å². The summed E-state index contributed by atoms with van der Waals surface area (Å²) in [5.74, 6) is 1.49. The Bertz CT molecular complexity index is 666. The summed E-state index contributed by atoms with van der Waals surface area (Å²) < 4.78 is 5.36. The number of ether oxygens (including phenoxy) is 1. The summed E-state index contributed by atoms with van der Waals surface area (Å²) in [4.78, 5) is 24.7. The molecule has 2 heterocycles. The van der Waals surface area contributed by atoms with E-state index in [1.165, 1.54) is 9.88 Å². The van der Waals surface area contributed by atoms with Gasteiger partial charge in [-0.25, -0.2) is 14.8 Å². The van der Waals surface area contributed by atoms with Gasteiger partial charge in [-0.05, 0) is 40.0 Å². The van der Waals surface area contributed by atoms with Crippen LogP contribution in [0.5, 0.6) is 0 Å². The van der Waals surface area contributed by atoms with Crippen molar-refractivity contribution >= 4 is 23.4 Å². The molecule has 1 atom stereocenters. The number of aliphatic imine (C=N–C) groups is 1. The normalized spacial score (nSPS) is 17.9. The number of likely N-dealkylation sites (tertiary alicyclic amines) is 1. The third-order valence-electron chi connectivity index (χ3n) is 4.11. The van der Waals surface area contributed by atoms with Gasteiger partial charge in [-0.1, -0.05) is 13.8 Å². The SMILES string of the molecule is CCNC(=NCc1cnc(CC(C)C)s1)N1CC[C@@H](NC(=O)OC(C)(C)C)C1. The van der Waals surface area contributed by atoms with E-state index >= 15 is 0 Å². The van der Waals surface area contributed by atoms with Crippen molar-refractivity contribution in [2.75, 3.05) is 19.6 Å². The van der Waals surface area contributed by atoms with Crippen molar-refractivity contribution in [1.29, 1.82) is 0 Å². The van der Waals surface area contributed by atoms with Gasteiger partial charge in [0.1, 0.15) is 5.60 Å². The zero-order chi connectivity index (χ0) is 20.7. The lowest BCUT2D eigenvalue weighted by molar-refractivity contribution is 0.0507. The van der Waals surface area contributed by atoms with E-state index in [0.717, 1.165) is 38.4 Å². The lowest BCUT2D eigenvalue weighted by Gasteiger charge is -2.23. The highest BCUT2D eigenvalue weighted by atomic mass is 32.1. The molecule has 0 bridgehead atoms. The second-order valence-corrected chi connectivity index (χ2v) is 9.77. The Morgan fingerprint density at radius 2 is 2.21 bits per heavy atom. The molecule has 0 aliphatic carbocycles. The first-order chi connectivity index (χ1) is 13.2. The molecule has 1 aliphatic heterocycles. The van der Waals surface area contributed by atoms with Crippen molar-refractivity contribution in [3.8, 4) is 0 Å². The molecule has 158 valence electrons. The van der Waals surface area contributed by atoms with Gasteiger partial charge in [0.15, 0.2) is 5.96 Å². The molecule has 2 rings (SSSR count). The highest BCUT2D eigenvalue weighted by Crippen LogP contribution is 2.18. The van der Waals surface area contributed by atoms with Crippen molar-refractivity contribution < 1.29 is 9.53 Å². The van der Waals surface area contributed by atoms with Gasteiger partial charge in [-0.15, -0.1) is 11.3 Å². The summed E-state index contributed by atoms with van der Waals surface area (Å²) in [6, 6.07) is 0.0692. The molecule has 1 fully saturated rings. The van der Waals surface area contributed by atoms with Crippen LogP contribution in [0.1, 0.15) is 57.8 Å². The Morgan fingerprint density at radius 1 is 1.46 bits per heavy atom. The maximum absolute atomic E-state index is 12.0. The van der Waals surface area contributed by atoms with Crippen LogP contribution < -0.4 is 10.6 Å². The van der Waals surface area contributed by atoms with Crippen molar-refractivity contribution in [3.63, 3.8) is 0 Å². The second-order valence-electron chi connectivity index (χ2n) is 8.57. The molecular formula is C20H35N5O2S. The quantitative estimate of drug-likeness (QED) is 0.556. The monoisotopic (exact) mass is 409 g/mol. The third kappa shape index (κ3) is 7.66. The fourth-order valence-electron chi connectivity index (χ4n) is 2.99. The van der Waals surface area contributed by atoms with Gasteiger partial charge in [0.2, 0.25) is 0 Å². The van der Waals surface area contributed by atoms with E-state index in [9.17, 15) is 4.79 Å². The van der Waals surface area contributed by atoms with Crippen LogP contribution >= 0.6 is 11.3 Å². The van der Waals surface area contributed by atoms with Crippen LogP contribution in [0.25, 0.3) is 0 Å². The van der Waals surface area contributed by atoms with Gasteiger partial charge < -0.3 is 20.3 Å². The third-order valence-corrected chi connectivity index (χ3v) is 5.12. The van der Waals surface area contributed by atoms with Crippen molar-refractivity contribution in [2.45, 2.75) is 72.6 Å². The average molecular weight is 410 g/mol. The van der Waals surface area contributed by atoms with E-state index in [-0.39, 0.29) is 12.1 Å². The average Bonchev–Trinajstić information content (AvgIpc) is 3.18. The zero-order valence-corrected chi connectivity index (χ0v) is 18.9. The van der Waals surface area contributed by atoms with Crippen molar-refractivity contribution in [3.05, 3.63) is 16.1 Å². The largest absolute Gasteiger partial charge is 0.444 e. The second kappa shape index (κ2) is 10.1. The van der Waals surface area contributed by atoms with Crippen LogP contribution in [0, 0.1) is 5.92 Å². The van der Waals surface area contributed by atoms with Gasteiger partial charge >= 0.3 is 6.09 Å². The van der Waals surface area contributed by atoms with Crippen LogP contribution in [0.15, 0.2) is 11.2 Å². The predicted molar refractivity (Wildman–Crippen MR) is 115 cm³/mol. The summed E-state index contributed by atoms with van der Waals surface area (Å²) in [7, 11) is 0. The van der Waals surface area contributed by atoms with Gasteiger partial charge in [0.25, 0.3) is 0 Å². The minimum Gasteiger partial charge on any atom is -0.444 e. The number of carbonyl (C=O) groups excluding carboxylic acids is 1. The maximum atomic E-state index is 12.0. The molecule has 1 saturated heterocycles. The minimum absolute atomic E-state index is 0.0692. The summed E-state index contributed by atoms with van der Waals surface area (Å²) in [5.41, 5.74) is -0.484. The van der Waals surface area contributed by atoms with E-state index in [0.29, 0.717) is 12.5 Å². The van der Waals surface area contributed by atoms with E-state index in [4.69, 9.17) is 9.73 Å². The molecule has 8 heteroatoms. The minimum atomic E-state index is -0.484. The molecule has 2 N–H and O–H groups in total. The molecule has 0 unspecified atom stereocenters. The topological polar surface area (TPSA) is 78.9 Å². The number of amides is 1. The molecule has 0 aromatic carbocycles. The first-order valence-electron chi connectivity index (χ1n) is 10.1. The highest BCUT2D eigenvalue weighted by molar-refractivity contribution is 7.11. The number of hydrogen-bond acceptors (Lipinski definition) is 5. The number of thiazole rings is 1. The summed E-state index contributed by atoms with van der Waals surface area (Å²) >= 11 is 1.74. The fourth-order valence-corrected chi connectivity index (χ4v) is 4.05. The first-order valence-corrected chi connectivity index (χ1v) is 10.9. The number of carbonyl (C=O) groups is 1. The van der Waals surface area contributed by atoms with Gasteiger partial charge in [0, 0.05) is 37.1 Å². The first kappa shape index (κ1) is 22.5. The molecule has 7 nitrogen and oxygen atoms in total. The standard InChI is InChI=1S/C20H35N5O2S/c1-7-21-18(23-12-16-11-22-17(28-16)10-14(2)3)25-9-8-15(13-25)24-19(26)27-20(4,5)6/h11,14-15H,7-10,12-13H2,1-6H3,(H,21,23)(H,24,26)/t15-/m1/s1. The number of aromatic nitrogens is 1. The molecular weight excluding hydrogens is 374 g/mol. The van der Waals surface area contributed by atoms with Gasteiger partial charge in [-0.2, -0.15) is 0 Å². The summed E-state index contributed by atoms with van der Waals surface area (Å²) in [6.07, 6.45) is 3.47. The number of guanidine groups is 1. The number of nitrogens with zero attached hydrogens (tertiary/aromatic N) is 3. The van der Waals surface area contributed by atoms with Crippen molar-refractivity contribution in [2.24, 2.45) is 10.9 Å². The summed E-state index contributed by atoms with van der Waals surface area (Å²) in [5, 5.41) is 7.50. The molecule has 0 saturated carbocycles. The molecule has 28 heavy (non-hydrogen) atoms. The molecule has 0 radical (unpaired) electrons. The lowest BCUT2D eigenvalue weighted by atomic mass is 10.1. The highest BCUT2D eigenvalue weighted by Gasteiger charge is 2.27. The van der Waals surface area contributed by atoms with E-state index in [1.807, 2.05) is 27.0 Å². The van der Waals surface area contributed by atoms with Crippen LogP contribution in [0.2, 0.25) is 0 Å². The van der Waals surface area contributed by atoms with Crippen LogP contribution in [-0.2, 0) is 17.7 Å². The van der Waals surface area contributed by atoms with E-state index < -0.39 is 5.60 Å². The van der Waals surface area contributed by atoms with E-state index in [1.54, 1.807) is 11.3 Å². The number of rotatable bonds is 6. The zero-order valence-electron chi connectivity index (χ0n) is 18.0. The molecule has 1 amide bonds. The van der Waals surface area contributed by atoms with Gasteiger partial charge in [-0.3, -0.25) is 0 Å². The van der Waals surface area contributed by atoms with Crippen LogP contribution in [0.4, 0.5) is 4.79 Å². The number of hydrogen-bond donors (Lipinski definition) is 2. The molecule has 1 aromatic heterocycles. The van der Waals surface area contributed by atoms with E-state index in [2.05, 4.69) is 41.3 Å². The Kier molecular flexibility index (Phi) is 8.10. The molecule has 0 spiro atoms. The number of nitrogens with one attached hydrogen (secondary N) is 2. The fraction of sp³-hybridized carbons (Fsp3) is 0.750. The Morgan fingerprint density at radius 3 is 2.86 bits per heavy atom. The smallest absolute Gasteiger partial charge is 0.407 e. The maximum Gasteiger partial charge on any atom is 0.407 e. The Labute approximate surface area is 173 Å². The molecule has 1 aromatic rings. The van der Waals surface area contributed by atoms with Crippen molar-refractivity contribution in [1.82, 2.24) is 20.5 Å². The Hall–Kier alpha value is -1.83. The Balaban J connectivity index is 1.91. The van der Waals surface area contributed by atoms with Gasteiger partial charge in [0.05, 0.1) is 17.6 Å².